The number of carbonyl (C=O) groups is 1. The summed E-state index contributed by atoms with van der Waals surface area (Å²) in [5.74, 6) is 0.363. The quantitative estimate of drug-likeness (QED) is 0.605. The molecule has 0 saturated carbocycles. The van der Waals surface area contributed by atoms with Crippen molar-refractivity contribution in [1.82, 2.24) is 4.90 Å². The molecule has 2 heteroatoms. The van der Waals surface area contributed by atoms with E-state index in [0.29, 0.717) is 18.7 Å². The number of ketones is 1. The molecule has 0 N–H and O–H groups in total. The van der Waals surface area contributed by atoms with Crippen LogP contribution in [0.3, 0.4) is 0 Å². The summed E-state index contributed by atoms with van der Waals surface area (Å²) in [5, 5.41) is 0. The third-order valence-electron chi connectivity index (χ3n) is 2.48. The van der Waals surface area contributed by atoms with E-state index in [2.05, 4.69) is 11.5 Å². The van der Waals surface area contributed by atoms with Crippen LogP contribution >= 0.6 is 0 Å². The number of carbonyl (C=O) groups excluding carboxylic acids is 1. The summed E-state index contributed by atoms with van der Waals surface area (Å²) in [7, 11) is 0. The molecule has 1 heterocycles. The Labute approximate surface area is 80.6 Å². The summed E-state index contributed by atoms with van der Waals surface area (Å²) in [5.41, 5.74) is 0. The molecule has 1 rings (SSSR count). The maximum atomic E-state index is 11.4. The van der Waals surface area contributed by atoms with Crippen molar-refractivity contribution in [2.45, 2.75) is 32.1 Å². The number of likely N-dealkylation sites (tertiary alicyclic amines) is 1. The first-order valence-electron chi connectivity index (χ1n) is 5.18. The van der Waals surface area contributed by atoms with Crippen LogP contribution in [0.25, 0.3) is 0 Å². The van der Waals surface area contributed by atoms with Gasteiger partial charge in [0.25, 0.3) is 0 Å². The molecule has 1 fully saturated rings. The Bertz CT molecular complexity index is 171. The Kier molecular flexibility index (Phi) is 4.76. The first-order chi connectivity index (χ1) is 6.33. The average molecular weight is 181 g/mol. The molecule has 0 atom stereocenters. The number of nitrogens with zero attached hydrogens (tertiary/aromatic N) is 1. The molecule has 2 nitrogen and oxygen atoms in total. The minimum absolute atomic E-state index is 0.363. The van der Waals surface area contributed by atoms with Crippen molar-refractivity contribution < 1.29 is 4.79 Å². The lowest BCUT2D eigenvalue weighted by atomic mass is 10.1. The van der Waals surface area contributed by atoms with Gasteiger partial charge >= 0.3 is 0 Å². The van der Waals surface area contributed by atoms with Gasteiger partial charge in [0.05, 0.1) is 6.54 Å². The Hall–Kier alpha value is -0.630. The summed E-state index contributed by atoms with van der Waals surface area (Å²) in [4.78, 5) is 13.7. The lowest BCUT2D eigenvalue weighted by molar-refractivity contribution is -0.120. The minimum atomic E-state index is 0.363. The molecule has 74 valence electrons. The molecular weight excluding hydrogens is 162 g/mol. The second-order valence-electron chi connectivity index (χ2n) is 3.70. The van der Waals surface area contributed by atoms with Gasteiger partial charge < -0.3 is 0 Å². The number of Topliss-reactive ketones (excluding diaryl/α,β-unsaturated/α-hetero) is 1. The van der Waals surface area contributed by atoms with Gasteiger partial charge in [-0.1, -0.05) is 12.5 Å². The fraction of sp³-hybridized carbons (Fsp3) is 0.727. The molecule has 1 aliphatic heterocycles. The minimum Gasteiger partial charge on any atom is -0.298 e. The van der Waals surface area contributed by atoms with Crippen LogP contribution in [-0.4, -0.2) is 30.3 Å². The monoisotopic (exact) mass is 181 g/mol. The van der Waals surface area contributed by atoms with Crippen LogP contribution in [0, 0.1) is 0 Å². The predicted molar refractivity (Wildman–Crippen MR) is 54.7 cm³/mol. The van der Waals surface area contributed by atoms with E-state index < -0.39 is 0 Å². The van der Waals surface area contributed by atoms with Crippen molar-refractivity contribution in [2.24, 2.45) is 0 Å². The van der Waals surface area contributed by atoms with Crippen LogP contribution in [0.2, 0.25) is 0 Å². The summed E-state index contributed by atoms with van der Waals surface area (Å²) in [6, 6.07) is 0. The molecule has 0 aromatic heterocycles. The molecule has 0 bridgehead atoms. The van der Waals surface area contributed by atoms with Crippen molar-refractivity contribution in [3.63, 3.8) is 0 Å². The normalized spacial score (nSPS) is 18.5. The van der Waals surface area contributed by atoms with Crippen molar-refractivity contribution in [3.8, 4) is 0 Å². The lowest BCUT2D eigenvalue weighted by Gasteiger charge is -2.25. The van der Waals surface area contributed by atoms with Crippen LogP contribution in [0.4, 0.5) is 0 Å². The van der Waals surface area contributed by atoms with Crippen molar-refractivity contribution in [2.75, 3.05) is 19.6 Å². The van der Waals surface area contributed by atoms with Gasteiger partial charge in [-0.05, 0) is 32.4 Å². The third-order valence-corrected chi connectivity index (χ3v) is 2.48. The summed E-state index contributed by atoms with van der Waals surface area (Å²) < 4.78 is 0. The summed E-state index contributed by atoms with van der Waals surface area (Å²) >= 11 is 0. The SMILES string of the molecule is C=CCCC(=O)CN1CCCCC1. The van der Waals surface area contributed by atoms with Crippen LogP contribution in [-0.2, 0) is 4.79 Å². The van der Waals surface area contributed by atoms with E-state index in [1.807, 2.05) is 6.08 Å². The fourth-order valence-electron chi connectivity index (χ4n) is 1.71. The number of hydrogen-bond acceptors (Lipinski definition) is 2. The molecule has 0 spiro atoms. The molecule has 1 aliphatic rings. The van der Waals surface area contributed by atoms with E-state index >= 15 is 0 Å². The first kappa shape index (κ1) is 10.5. The topological polar surface area (TPSA) is 20.3 Å². The van der Waals surface area contributed by atoms with E-state index in [1.165, 1.54) is 19.3 Å². The Morgan fingerprint density at radius 2 is 2.00 bits per heavy atom. The second kappa shape index (κ2) is 5.92. The molecule has 0 aromatic carbocycles. The smallest absolute Gasteiger partial charge is 0.147 e. The van der Waals surface area contributed by atoms with Crippen LogP contribution in [0.1, 0.15) is 32.1 Å². The van der Waals surface area contributed by atoms with E-state index in [4.69, 9.17) is 0 Å². The van der Waals surface area contributed by atoms with Crippen molar-refractivity contribution in [1.29, 1.82) is 0 Å². The molecule has 0 radical (unpaired) electrons. The van der Waals surface area contributed by atoms with Gasteiger partial charge in [0.15, 0.2) is 0 Å². The van der Waals surface area contributed by atoms with Gasteiger partial charge in [-0.15, -0.1) is 6.58 Å². The van der Waals surface area contributed by atoms with Crippen LogP contribution in [0.5, 0.6) is 0 Å². The third kappa shape index (κ3) is 4.23. The summed E-state index contributed by atoms with van der Waals surface area (Å²) in [6.07, 6.45) is 7.15. The highest BCUT2D eigenvalue weighted by molar-refractivity contribution is 5.80. The van der Waals surface area contributed by atoms with E-state index in [0.717, 1.165) is 19.5 Å². The summed E-state index contributed by atoms with van der Waals surface area (Å²) in [6.45, 7) is 6.50. The Morgan fingerprint density at radius 1 is 1.31 bits per heavy atom. The van der Waals surface area contributed by atoms with Gasteiger partial charge in [-0.2, -0.15) is 0 Å². The maximum Gasteiger partial charge on any atom is 0.147 e. The molecule has 13 heavy (non-hydrogen) atoms. The van der Waals surface area contributed by atoms with Gasteiger partial charge in [-0.3, -0.25) is 9.69 Å². The standard InChI is InChI=1S/C11H19NO/c1-2-3-7-11(13)10-12-8-5-4-6-9-12/h2H,1,3-10H2. The molecule has 0 aromatic rings. The van der Waals surface area contributed by atoms with Gasteiger partial charge in [0, 0.05) is 6.42 Å². The predicted octanol–water partition coefficient (Wildman–Crippen LogP) is 2.01. The maximum absolute atomic E-state index is 11.4. The van der Waals surface area contributed by atoms with Crippen molar-refractivity contribution in [3.05, 3.63) is 12.7 Å². The highest BCUT2D eigenvalue weighted by Gasteiger charge is 2.12. The molecular formula is C11H19NO. The largest absolute Gasteiger partial charge is 0.298 e. The first-order valence-corrected chi connectivity index (χ1v) is 5.18. The van der Waals surface area contributed by atoms with E-state index in [1.54, 1.807) is 0 Å². The van der Waals surface area contributed by atoms with Crippen LogP contribution in [0.15, 0.2) is 12.7 Å². The highest BCUT2D eigenvalue weighted by Crippen LogP contribution is 2.08. The molecule has 1 saturated heterocycles. The Balaban J connectivity index is 2.14. The van der Waals surface area contributed by atoms with Crippen LogP contribution < -0.4 is 0 Å². The van der Waals surface area contributed by atoms with Gasteiger partial charge in [-0.25, -0.2) is 0 Å². The van der Waals surface area contributed by atoms with Gasteiger partial charge in [0.1, 0.15) is 5.78 Å². The van der Waals surface area contributed by atoms with E-state index in [9.17, 15) is 4.79 Å². The number of allylic oxidation sites excluding steroid dienone is 1. The molecule has 0 amide bonds. The zero-order chi connectivity index (χ0) is 9.52. The zero-order valence-corrected chi connectivity index (χ0v) is 8.30. The van der Waals surface area contributed by atoms with Crippen molar-refractivity contribution >= 4 is 5.78 Å². The van der Waals surface area contributed by atoms with E-state index in [-0.39, 0.29) is 0 Å². The highest BCUT2D eigenvalue weighted by atomic mass is 16.1. The zero-order valence-electron chi connectivity index (χ0n) is 8.30. The average Bonchev–Trinajstić information content (AvgIpc) is 2.16. The fourth-order valence-corrected chi connectivity index (χ4v) is 1.71. The second-order valence-corrected chi connectivity index (χ2v) is 3.70. The molecule has 0 unspecified atom stereocenters. The van der Waals surface area contributed by atoms with Gasteiger partial charge in [0.2, 0.25) is 0 Å². The number of piperidine rings is 1. The number of hydrogen-bond donors (Lipinski definition) is 0. The Morgan fingerprint density at radius 3 is 2.62 bits per heavy atom. The number of rotatable bonds is 5. The lowest BCUT2D eigenvalue weighted by Crippen LogP contribution is -2.34. The molecule has 0 aliphatic carbocycles.